The first-order valence-corrected chi connectivity index (χ1v) is 17.1. The summed E-state index contributed by atoms with van der Waals surface area (Å²) in [5, 5.41) is 0. The molecule has 1 fully saturated rings. The zero-order valence-corrected chi connectivity index (χ0v) is 29.4. The summed E-state index contributed by atoms with van der Waals surface area (Å²) < 4.78 is 42.2. The van der Waals surface area contributed by atoms with Crippen LogP contribution in [0.4, 0.5) is 9.59 Å². The quantitative estimate of drug-likeness (QED) is 0.0323. The minimum atomic E-state index is -1.25. The molecule has 0 N–H and O–H groups in total. The van der Waals surface area contributed by atoms with E-state index >= 15 is 0 Å². The fraction of sp³-hybridized carbons (Fsp3) is 0.300. The van der Waals surface area contributed by atoms with Crippen molar-refractivity contribution in [2.45, 2.75) is 38.1 Å². The van der Waals surface area contributed by atoms with Crippen LogP contribution in [0.5, 0.6) is 11.5 Å². The largest absolute Gasteiger partial charge is 0.513 e. The summed E-state index contributed by atoms with van der Waals surface area (Å²) in [6.07, 6.45) is -0.103. The number of benzene rings is 3. The van der Waals surface area contributed by atoms with Gasteiger partial charge in [0.25, 0.3) is 0 Å². The SMILES string of the molecule is C=CC(=O)OCCCCOC(=O)Oc1ccc(C(=O)[C@@H]2CO[C@H](c3ccccc3)O[C@H]2C(=O)c2ccc(OC(=O)OCCCCOC(=O)C=C)cc2)cc1. The topological polar surface area (TPSA) is 176 Å². The lowest BCUT2D eigenvalue weighted by Crippen LogP contribution is -2.45. The molecule has 54 heavy (non-hydrogen) atoms. The minimum absolute atomic E-state index is 0.0433. The van der Waals surface area contributed by atoms with E-state index in [2.05, 4.69) is 13.2 Å². The second kappa shape index (κ2) is 21.4. The van der Waals surface area contributed by atoms with Gasteiger partial charge in [-0.15, -0.1) is 0 Å². The van der Waals surface area contributed by atoms with Gasteiger partial charge in [0.15, 0.2) is 17.9 Å². The van der Waals surface area contributed by atoms with E-state index in [9.17, 15) is 28.8 Å². The molecule has 0 bridgehead atoms. The summed E-state index contributed by atoms with van der Waals surface area (Å²) in [5.41, 5.74) is 1.07. The van der Waals surface area contributed by atoms with Gasteiger partial charge >= 0.3 is 24.2 Å². The summed E-state index contributed by atoms with van der Waals surface area (Å²) in [7, 11) is 0. The van der Waals surface area contributed by atoms with Crippen molar-refractivity contribution in [3.8, 4) is 11.5 Å². The fourth-order valence-electron chi connectivity index (χ4n) is 4.98. The molecule has 0 saturated carbocycles. The molecule has 0 amide bonds. The Bertz CT molecular complexity index is 1750. The van der Waals surface area contributed by atoms with Gasteiger partial charge in [-0.2, -0.15) is 0 Å². The summed E-state index contributed by atoms with van der Waals surface area (Å²) in [6.45, 7) is 6.90. The molecule has 1 aliphatic rings. The van der Waals surface area contributed by atoms with E-state index in [0.29, 0.717) is 31.2 Å². The highest BCUT2D eigenvalue weighted by molar-refractivity contribution is 6.06. The number of hydrogen-bond acceptors (Lipinski definition) is 14. The number of ether oxygens (including phenoxy) is 8. The maximum absolute atomic E-state index is 13.9. The summed E-state index contributed by atoms with van der Waals surface area (Å²) in [6, 6.07) is 20.4. The Hall–Kier alpha value is -6.12. The van der Waals surface area contributed by atoms with Gasteiger partial charge in [0.1, 0.15) is 17.6 Å². The van der Waals surface area contributed by atoms with Crippen LogP contribution in [0.25, 0.3) is 0 Å². The monoisotopic (exact) mass is 744 g/mol. The lowest BCUT2D eigenvalue weighted by atomic mass is 9.87. The second-order valence-corrected chi connectivity index (χ2v) is 11.6. The van der Waals surface area contributed by atoms with Crippen LogP contribution in [0.15, 0.2) is 104 Å². The molecule has 0 unspecified atom stereocenters. The van der Waals surface area contributed by atoms with Gasteiger partial charge < -0.3 is 37.9 Å². The van der Waals surface area contributed by atoms with E-state index in [0.717, 1.165) is 12.2 Å². The summed E-state index contributed by atoms with van der Waals surface area (Å²) >= 11 is 0. The third-order valence-electron chi connectivity index (χ3n) is 7.75. The number of esters is 2. The number of carbonyl (C=O) groups is 6. The molecule has 0 aromatic heterocycles. The average Bonchev–Trinajstić information content (AvgIpc) is 3.20. The number of carbonyl (C=O) groups excluding carboxylic acids is 6. The molecule has 3 atom stereocenters. The highest BCUT2D eigenvalue weighted by Gasteiger charge is 2.42. The zero-order chi connectivity index (χ0) is 38.7. The molecule has 1 heterocycles. The van der Waals surface area contributed by atoms with Crippen LogP contribution in [0.1, 0.15) is 58.3 Å². The Morgan fingerprint density at radius 2 is 1.04 bits per heavy atom. The Labute approximate surface area is 311 Å². The highest BCUT2D eigenvalue weighted by atomic mass is 16.7. The lowest BCUT2D eigenvalue weighted by Gasteiger charge is -2.35. The second-order valence-electron chi connectivity index (χ2n) is 11.6. The smallest absolute Gasteiger partial charge is 0.463 e. The first-order chi connectivity index (χ1) is 26.2. The number of rotatable bonds is 19. The molecule has 0 spiro atoms. The van der Waals surface area contributed by atoms with Gasteiger partial charge in [0.2, 0.25) is 0 Å². The van der Waals surface area contributed by atoms with Crippen LogP contribution < -0.4 is 9.47 Å². The molecule has 14 nitrogen and oxygen atoms in total. The van der Waals surface area contributed by atoms with Gasteiger partial charge in [-0.25, -0.2) is 19.2 Å². The van der Waals surface area contributed by atoms with Crippen molar-refractivity contribution in [1.29, 1.82) is 0 Å². The standard InChI is InChI=1S/C40H40O14/c1-3-33(41)47-22-8-10-24-49-39(45)52-30-18-14-27(15-19-30)35(43)32-26-51-38(29-12-6-5-7-13-29)54-37(32)36(44)28-16-20-31(21-17-28)53-40(46)50-25-11-9-23-48-34(42)4-2/h3-7,12-21,32,37-38H,1-2,8-11,22-26H2/t32-,37+,38-/m0/s1. The molecule has 0 aliphatic carbocycles. The van der Waals surface area contributed by atoms with Gasteiger partial charge in [0, 0.05) is 28.8 Å². The number of Topliss-reactive ketones (excluding diaryl/α,β-unsaturated/α-hetero) is 2. The van der Waals surface area contributed by atoms with Crippen LogP contribution in [0.2, 0.25) is 0 Å². The van der Waals surface area contributed by atoms with Crippen LogP contribution in [-0.4, -0.2) is 75.0 Å². The Morgan fingerprint density at radius 1 is 0.593 bits per heavy atom. The van der Waals surface area contributed by atoms with Crippen LogP contribution in [-0.2, 0) is 38.0 Å². The van der Waals surface area contributed by atoms with E-state index in [-0.39, 0.29) is 55.7 Å². The van der Waals surface area contributed by atoms with Crippen molar-refractivity contribution in [1.82, 2.24) is 0 Å². The number of ketones is 2. The molecule has 1 saturated heterocycles. The van der Waals surface area contributed by atoms with E-state index in [1.807, 2.05) is 6.07 Å². The number of unbranched alkanes of at least 4 members (excludes halogenated alkanes) is 2. The van der Waals surface area contributed by atoms with Gasteiger partial charge in [-0.3, -0.25) is 9.59 Å². The molecule has 284 valence electrons. The first-order valence-electron chi connectivity index (χ1n) is 17.1. The van der Waals surface area contributed by atoms with Crippen molar-refractivity contribution in [3.63, 3.8) is 0 Å². The zero-order valence-electron chi connectivity index (χ0n) is 29.4. The summed E-state index contributed by atoms with van der Waals surface area (Å²) in [5.74, 6) is -2.79. The van der Waals surface area contributed by atoms with Gasteiger partial charge in [-0.1, -0.05) is 43.5 Å². The normalized spacial score (nSPS) is 16.2. The van der Waals surface area contributed by atoms with E-state index in [4.69, 9.17) is 37.9 Å². The molecule has 14 heteroatoms. The van der Waals surface area contributed by atoms with Crippen LogP contribution >= 0.6 is 0 Å². The van der Waals surface area contributed by atoms with E-state index in [1.54, 1.807) is 24.3 Å². The molecule has 3 aromatic rings. The van der Waals surface area contributed by atoms with Crippen LogP contribution in [0, 0.1) is 5.92 Å². The van der Waals surface area contributed by atoms with Crippen molar-refractivity contribution in [3.05, 3.63) is 121 Å². The Morgan fingerprint density at radius 3 is 1.50 bits per heavy atom. The predicted octanol–water partition coefficient (Wildman–Crippen LogP) is 6.53. The number of hydrogen-bond donors (Lipinski definition) is 0. The average molecular weight is 745 g/mol. The third-order valence-corrected chi connectivity index (χ3v) is 7.75. The predicted molar refractivity (Wildman–Crippen MR) is 190 cm³/mol. The molecule has 3 aromatic carbocycles. The molecule has 0 radical (unpaired) electrons. The van der Waals surface area contributed by atoms with E-state index < -0.39 is 54.1 Å². The van der Waals surface area contributed by atoms with Gasteiger partial charge in [-0.05, 0) is 74.2 Å². The lowest BCUT2D eigenvalue weighted by molar-refractivity contribution is -0.218. The summed E-state index contributed by atoms with van der Waals surface area (Å²) in [4.78, 5) is 74.1. The molecule has 1 aliphatic heterocycles. The van der Waals surface area contributed by atoms with Crippen LogP contribution in [0.3, 0.4) is 0 Å². The van der Waals surface area contributed by atoms with Crippen molar-refractivity contribution < 1.29 is 66.7 Å². The molecular formula is C40H40O14. The third kappa shape index (κ3) is 12.8. The Kier molecular flexibility index (Phi) is 16.1. The van der Waals surface area contributed by atoms with Gasteiger partial charge in [0.05, 0.1) is 39.0 Å². The molecule has 4 rings (SSSR count). The maximum Gasteiger partial charge on any atom is 0.513 e. The maximum atomic E-state index is 13.9. The Balaban J connectivity index is 1.35. The van der Waals surface area contributed by atoms with Crippen molar-refractivity contribution in [2.75, 3.05) is 33.0 Å². The first kappa shape index (κ1) is 40.6. The van der Waals surface area contributed by atoms with Crippen molar-refractivity contribution >= 4 is 35.8 Å². The van der Waals surface area contributed by atoms with Crippen molar-refractivity contribution in [2.24, 2.45) is 5.92 Å². The van der Waals surface area contributed by atoms with E-state index in [1.165, 1.54) is 48.5 Å². The minimum Gasteiger partial charge on any atom is -0.463 e. The highest BCUT2D eigenvalue weighted by Crippen LogP contribution is 2.33. The molecular weight excluding hydrogens is 704 g/mol. The fourth-order valence-corrected chi connectivity index (χ4v) is 4.98.